The minimum atomic E-state index is -2.93. The van der Waals surface area contributed by atoms with Gasteiger partial charge in [-0.05, 0) is 35.7 Å². The molecule has 0 unspecified atom stereocenters. The normalized spacial score (nSPS) is 11.6. The van der Waals surface area contributed by atoms with Gasteiger partial charge in [0.2, 0.25) is 0 Å². The average molecular weight is 375 g/mol. The van der Waals surface area contributed by atoms with E-state index in [-0.39, 0.29) is 11.4 Å². The van der Waals surface area contributed by atoms with Gasteiger partial charge in [-0.15, -0.1) is 5.10 Å². The van der Waals surface area contributed by atoms with E-state index in [0.717, 1.165) is 18.2 Å². The Morgan fingerprint density at radius 2 is 1.85 bits per heavy atom. The molecule has 8 heteroatoms. The third kappa shape index (κ3) is 4.64. The second-order valence-corrected chi connectivity index (χ2v) is 6.35. The highest BCUT2D eigenvalue weighted by Crippen LogP contribution is 2.26. The van der Waals surface area contributed by atoms with Crippen molar-refractivity contribution in [3.05, 3.63) is 70.9 Å². The fourth-order valence-corrected chi connectivity index (χ4v) is 2.72. The van der Waals surface area contributed by atoms with E-state index in [0.29, 0.717) is 30.9 Å². The van der Waals surface area contributed by atoms with Crippen LogP contribution in [-0.2, 0) is 25.4 Å². The molecule has 0 aliphatic heterocycles. The molecule has 0 amide bonds. The van der Waals surface area contributed by atoms with Crippen molar-refractivity contribution >= 4 is 5.82 Å². The number of hydrogen-bond acceptors (Lipinski definition) is 4. The summed E-state index contributed by atoms with van der Waals surface area (Å²) in [5.74, 6) is -2.63. The van der Waals surface area contributed by atoms with Crippen LogP contribution in [0.4, 0.5) is 19.0 Å². The summed E-state index contributed by atoms with van der Waals surface area (Å²) in [7, 11) is 0. The predicted octanol–water partition coefficient (Wildman–Crippen LogP) is 4.15. The molecule has 0 spiro atoms. The van der Waals surface area contributed by atoms with Crippen LogP contribution >= 0.6 is 0 Å². The van der Waals surface area contributed by atoms with Crippen LogP contribution in [0.5, 0.6) is 0 Å². The van der Waals surface area contributed by atoms with Gasteiger partial charge in [-0.2, -0.15) is 0 Å². The van der Waals surface area contributed by atoms with Crippen LogP contribution in [0.1, 0.15) is 36.2 Å². The van der Waals surface area contributed by atoms with Crippen molar-refractivity contribution in [1.29, 1.82) is 0 Å². The van der Waals surface area contributed by atoms with Crippen LogP contribution in [0.3, 0.4) is 0 Å². The second kappa shape index (κ2) is 7.77. The molecule has 0 bridgehead atoms. The highest BCUT2D eigenvalue weighted by atomic mass is 19.3. The zero-order valence-electron chi connectivity index (χ0n) is 15.1. The minimum Gasteiger partial charge on any atom is -0.363 e. The van der Waals surface area contributed by atoms with Gasteiger partial charge in [0.25, 0.3) is 5.92 Å². The van der Waals surface area contributed by atoms with E-state index in [1.807, 2.05) is 6.92 Å². The number of nitrogens with one attached hydrogen (secondary N) is 1. The molecule has 2 heterocycles. The standard InChI is InChI=1S/C19H20F3N5/c1-3-17-18(24-10-14-8-15(11-23-9-14)19(2,21)22)25-26-27(17)12-13-4-6-16(20)7-5-13/h4-9,11,24H,3,10,12H2,1-2H3. The molecule has 3 aromatic rings. The number of halogens is 3. The van der Waals surface area contributed by atoms with Crippen molar-refractivity contribution in [3.63, 3.8) is 0 Å². The summed E-state index contributed by atoms with van der Waals surface area (Å²) in [6.45, 7) is 3.60. The van der Waals surface area contributed by atoms with Crippen molar-refractivity contribution in [2.45, 2.75) is 39.3 Å². The lowest BCUT2D eigenvalue weighted by atomic mass is 10.1. The summed E-state index contributed by atoms with van der Waals surface area (Å²) in [5, 5.41) is 11.4. The molecule has 142 valence electrons. The Balaban J connectivity index is 1.72. The van der Waals surface area contributed by atoms with Gasteiger partial charge in [0.15, 0.2) is 5.82 Å². The number of nitrogens with zero attached hydrogens (tertiary/aromatic N) is 4. The highest BCUT2D eigenvalue weighted by Gasteiger charge is 2.24. The summed E-state index contributed by atoms with van der Waals surface area (Å²) in [6.07, 6.45) is 3.39. The lowest BCUT2D eigenvalue weighted by Crippen LogP contribution is -2.10. The number of pyridine rings is 1. The molecule has 0 saturated heterocycles. The second-order valence-electron chi connectivity index (χ2n) is 6.35. The van der Waals surface area contributed by atoms with Gasteiger partial charge in [-0.1, -0.05) is 24.3 Å². The maximum atomic E-state index is 13.4. The first kappa shape index (κ1) is 18.9. The number of anilines is 1. The first-order valence-electron chi connectivity index (χ1n) is 8.59. The summed E-state index contributed by atoms with van der Waals surface area (Å²) in [4.78, 5) is 3.88. The molecule has 0 atom stereocenters. The van der Waals surface area contributed by atoms with Crippen molar-refractivity contribution in [3.8, 4) is 0 Å². The van der Waals surface area contributed by atoms with Crippen LogP contribution in [0.2, 0.25) is 0 Å². The molecule has 0 saturated carbocycles. The Morgan fingerprint density at radius 1 is 1.11 bits per heavy atom. The van der Waals surface area contributed by atoms with Gasteiger partial charge < -0.3 is 5.32 Å². The Labute approximate surface area is 155 Å². The van der Waals surface area contributed by atoms with E-state index in [9.17, 15) is 13.2 Å². The van der Waals surface area contributed by atoms with E-state index < -0.39 is 5.92 Å². The third-order valence-corrected chi connectivity index (χ3v) is 4.18. The summed E-state index contributed by atoms with van der Waals surface area (Å²) in [6, 6.07) is 7.63. The van der Waals surface area contributed by atoms with Gasteiger partial charge >= 0.3 is 0 Å². The van der Waals surface area contributed by atoms with E-state index in [1.165, 1.54) is 30.6 Å². The number of rotatable bonds is 7. The van der Waals surface area contributed by atoms with E-state index in [4.69, 9.17) is 0 Å². The van der Waals surface area contributed by atoms with Gasteiger partial charge in [0.05, 0.1) is 12.2 Å². The number of aromatic nitrogens is 4. The smallest absolute Gasteiger partial charge is 0.272 e. The Hall–Kier alpha value is -2.90. The van der Waals surface area contributed by atoms with Crippen molar-refractivity contribution in [1.82, 2.24) is 20.0 Å². The molecule has 5 nitrogen and oxygen atoms in total. The summed E-state index contributed by atoms with van der Waals surface area (Å²) < 4.78 is 41.7. The van der Waals surface area contributed by atoms with Crippen molar-refractivity contribution in [2.75, 3.05) is 5.32 Å². The average Bonchev–Trinajstić information content (AvgIpc) is 3.03. The molecule has 1 N–H and O–H groups in total. The van der Waals surface area contributed by atoms with Crippen molar-refractivity contribution in [2.24, 2.45) is 0 Å². The SMILES string of the molecule is CCc1c(NCc2cncc(C(C)(F)F)c2)nnn1Cc1ccc(F)cc1. The first-order valence-corrected chi connectivity index (χ1v) is 8.59. The first-order chi connectivity index (χ1) is 12.9. The lowest BCUT2D eigenvalue weighted by molar-refractivity contribution is 0.0170. The fraction of sp³-hybridized carbons (Fsp3) is 0.316. The van der Waals surface area contributed by atoms with Gasteiger partial charge in [-0.25, -0.2) is 17.9 Å². The molecular formula is C19H20F3N5. The zero-order chi connectivity index (χ0) is 19.4. The van der Waals surface area contributed by atoms with Gasteiger partial charge in [-0.3, -0.25) is 4.98 Å². The van der Waals surface area contributed by atoms with E-state index in [2.05, 4.69) is 20.6 Å². The van der Waals surface area contributed by atoms with E-state index >= 15 is 0 Å². The Kier molecular flexibility index (Phi) is 5.43. The monoisotopic (exact) mass is 375 g/mol. The third-order valence-electron chi connectivity index (χ3n) is 4.18. The highest BCUT2D eigenvalue weighted by molar-refractivity contribution is 5.40. The number of alkyl halides is 2. The predicted molar refractivity (Wildman–Crippen MR) is 96.0 cm³/mol. The van der Waals surface area contributed by atoms with Crippen LogP contribution in [-0.4, -0.2) is 20.0 Å². The molecule has 0 aliphatic carbocycles. The Morgan fingerprint density at radius 3 is 2.52 bits per heavy atom. The molecule has 0 radical (unpaired) electrons. The molecule has 3 rings (SSSR count). The molecule has 1 aromatic carbocycles. The van der Waals surface area contributed by atoms with Crippen LogP contribution in [0.25, 0.3) is 0 Å². The topological polar surface area (TPSA) is 55.6 Å². The molecular weight excluding hydrogens is 355 g/mol. The number of hydrogen-bond donors (Lipinski definition) is 1. The van der Waals surface area contributed by atoms with Gasteiger partial charge in [0, 0.05) is 31.4 Å². The minimum absolute atomic E-state index is 0.127. The zero-order valence-corrected chi connectivity index (χ0v) is 15.1. The summed E-state index contributed by atoms with van der Waals surface area (Å²) in [5.41, 5.74) is 2.29. The summed E-state index contributed by atoms with van der Waals surface area (Å²) >= 11 is 0. The quantitative estimate of drug-likeness (QED) is 0.674. The van der Waals surface area contributed by atoms with Crippen LogP contribution in [0, 0.1) is 5.82 Å². The lowest BCUT2D eigenvalue weighted by Gasteiger charge is -2.12. The number of benzene rings is 1. The van der Waals surface area contributed by atoms with Crippen LogP contribution in [0.15, 0.2) is 42.7 Å². The van der Waals surface area contributed by atoms with Gasteiger partial charge in [0.1, 0.15) is 5.82 Å². The van der Waals surface area contributed by atoms with E-state index in [1.54, 1.807) is 16.8 Å². The molecule has 2 aromatic heterocycles. The molecule has 0 aliphatic rings. The van der Waals surface area contributed by atoms with Crippen molar-refractivity contribution < 1.29 is 13.2 Å². The maximum Gasteiger partial charge on any atom is 0.272 e. The van der Waals surface area contributed by atoms with Crippen LogP contribution < -0.4 is 5.32 Å². The maximum absolute atomic E-state index is 13.4. The molecule has 27 heavy (non-hydrogen) atoms. The molecule has 0 fully saturated rings. The fourth-order valence-electron chi connectivity index (χ4n) is 2.72. The Bertz CT molecular complexity index is 900. The largest absolute Gasteiger partial charge is 0.363 e.